The van der Waals surface area contributed by atoms with Gasteiger partial charge in [-0.05, 0) is 37.9 Å². The number of thiophene rings is 1. The van der Waals surface area contributed by atoms with Crippen LogP contribution in [0.5, 0.6) is 0 Å². The summed E-state index contributed by atoms with van der Waals surface area (Å²) in [4.78, 5) is 12.2. The molecule has 14 heavy (non-hydrogen) atoms. The Kier molecular flexibility index (Phi) is 3.26. The molecule has 3 nitrogen and oxygen atoms in total. The minimum atomic E-state index is -0.0538. The maximum atomic E-state index is 11.1. The molecule has 1 saturated heterocycles. The third kappa shape index (κ3) is 2.18. The molecule has 1 aromatic heterocycles. The molecule has 1 amide bonds. The van der Waals surface area contributed by atoms with Crippen LogP contribution in [-0.2, 0) is 9.53 Å². The molecule has 0 spiro atoms. The first-order valence-corrected chi connectivity index (χ1v) is 6.39. The van der Waals surface area contributed by atoms with Gasteiger partial charge in [0.1, 0.15) is 6.61 Å². The van der Waals surface area contributed by atoms with Crippen molar-refractivity contribution < 1.29 is 9.53 Å². The van der Waals surface area contributed by atoms with Crippen LogP contribution in [0.2, 0.25) is 0 Å². The van der Waals surface area contributed by atoms with Crippen molar-refractivity contribution in [2.75, 3.05) is 13.2 Å². The summed E-state index contributed by atoms with van der Waals surface area (Å²) in [6.07, 6.45) is 0. The fourth-order valence-electron chi connectivity index (χ4n) is 1.24. The number of nitrogens with one attached hydrogen (secondary N) is 1. The third-order valence-corrected chi connectivity index (χ3v) is 5.23. The standard InChI is InChI=1S/C8H7Br2NO2S/c9-4-1-6(14-8(4)10)5-2-13-3-7(12)11-5/h1,5H,2-3H2,(H,11,12). The Balaban J connectivity index is 2.17. The van der Waals surface area contributed by atoms with E-state index in [1.807, 2.05) is 6.07 Å². The molecule has 2 rings (SSSR count). The number of rotatable bonds is 1. The summed E-state index contributed by atoms with van der Waals surface area (Å²) < 4.78 is 7.21. The van der Waals surface area contributed by atoms with Crippen LogP contribution in [0.15, 0.2) is 14.3 Å². The zero-order chi connectivity index (χ0) is 10.1. The van der Waals surface area contributed by atoms with Gasteiger partial charge in [-0.25, -0.2) is 0 Å². The van der Waals surface area contributed by atoms with Crippen molar-refractivity contribution in [2.45, 2.75) is 6.04 Å². The third-order valence-electron chi connectivity index (χ3n) is 1.86. The second-order valence-electron chi connectivity index (χ2n) is 2.91. The highest BCUT2D eigenvalue weighted by molar-refractivity contribution is 9.13. The molecule has 1 N–H and O–H groups in total. The van der Waals surface area contributed by atoms with E-state index in [9.17, 15) is 4.79 Å². The molecule has 1 fully saturated rings. The van der Waals surface area contributed by atoms with E-state index in [1.54, 1.807) is 11.3 Å². The first kappa shape index (κ1) is 10.6. The lowest BCUT2D eigenvalue weighted by molar-refractivity contribution is -0.131. The Bertz CT molecular complexity index is 347. The first-order chi connectivity index (χ1) is 6.66. The molecule has 1 aromatic rings. The molecule has 6 heteroatoms. The van der Waals surface area contributed by atoms with E-state index in [1.165, 1.54) is 0 Å². The Labute approximate surface area is 102 Å². The molecule has 0 bridgehead atoms. The lowest BCUT2D eigenvalue weighted by atomic mass is 10.2. The van der Waals surface area contributed by atoms with E-state index in [0.717, 1.165) is 13.1 Å². The van der Waals surface area contributed by atoms with Crippen LogP contribution in [0.3, 0.4) is 0 Å². The number of ether oxygens (including phenoxy) is 1. The van der Waals surface area contributed by atoms with Crippen LogP contribution in [-0.4, -0.2) is 19.1 Å². The van der Waals surface area contributed by atoms with Gasteiger partial charge in [0.05, 0.1) is 16.4 Å². The number of halogens is 2. The van der Waals surface area contributed by atoms with Crippen molar-refractivity contribution in [3.05, 3.63) is 19.2 Å². The summed E-state index contributed by atoms with van der Waals surface area (Å²) in [6, 6.07) is 1.98. The van der Waals surface area contributed by atoms with Crippen molar-refractivity contribution in [2.24, 2.45) is 0 Å². The molecule has 2 heterocycles. The van der Waals surface area contributed by atoms with Crippen LogP contribution in [0.4, 0.5) is 0 Å². The minimum Gasteiger partial charge on any atom is -0.369 e. The van der Waals surface area contributed by atoms with Crippen LogP contribution in [0.25, 0.3) is 0 Å². The van der Waals surface area contributed by atoms with E-state index >= 15 is 0 Å². The monoisotopic (exact) mass is 339 g/mol. The van der Waals surface area contributed by atoms with Gasteiger partial charge in [-0.2, -0.15) is 0 Å². The van der Waals surface area contributed by atoms with Gasteiger partial charge in [-0.15, -0.1) is 11.3 Å². The normalized spacial score (nSPS) is 22.1. The van der Waals surface area contributed by atoms with Crippen LogP contribution in [0.1, 0.15) is 10.9 Å². The number of amides is 1. The Morgan fingerprint density at radius 3 is 2.93 bits per heavy atom. The zero-order valence-electron chi connectivity index (χ0n) is 7.05. The summed E-state index contributed by atoms with van der Waals surface area (Å²) in [5.41, 5.74) is 0. The summed E-state index contributed by atoms with van der Waals surface area (Å²) in [5.74, 6) is -0.0538. The van der Waals surface area contributed by atoms with Gasteiger partial charge >= 0.3 is 0 Å². The topological polar surface area (TPSA) is 38.3 Å². The summed E-state index contributed by atoms with van der Waals surface area (Å²) in [6.45, 7) is 0.718. The molecule has 0 aromatic carbocycles. The Hall–Kier alpha value is 0.0900. The molecule has 1 unspecified atom stereocenters. The predicted octanol–water partition coefficient (Wildman–Crippen LogP) is 2.46. The van der Waals surface area contributed by atoms with E-state index in [2.05, 4.69) is 37.2 Å². The molecule has 0 saturated carbocycles. The molecular weight excluding hydrogens is 334 g/mol. The zero-order valence-corrected chi connectivity index (χ0v) is 11.0. The maximum absolute atomic E-state index is 11.1. The largest absolute Gasteiger partial charge is 0.369 e. The number of hydrogen-bond donors (Lipinski definition) is 1. The molecule has 76 valence electrons. The molecule has 1 aliphatic heterocycles. The van der Waals surface area contributed by atoms with Gasteiger partial charge in [-0.3, -0.25) is 4.79 Å². The average Bonchev–Trinajstić information content (AvgIpc) is 2.47. The Morgan fingerprint density at radius 1 is 1.57 bits per heavy atom. The summed E-state index contributed by atoms with van der Waals surface area (Å²) in [7, 11) is 0. The van der Waals surface area contributed by atoms with Crippen LogP contribution >= 0.6 is 43.2 Å². The molecular formula is C8H7Br2NO2S. The quantitative estimate of drug-likeness (QED) is 0.852. The molecule has 0 radical (unpaired) electrons. The van der Waals surface area contributed by atoms with Gasteiger partial charge in [0.2, 0.25) is 5.91 Å². The second-order valence-corrected chi connectivity index (χ2v) is 6.16. The maximum Gasteiger partial charge on any atom is 0.246 e. The smallest absolute Gasteiger partial charge is 0.246 e. The van der Waals surface area contributed by atoms with Gasteiger partial charge in [0.15, 0.2) is 0 Å². The number of morpholine rings is 1. The summed E-state index contributed by atoms with van der Waals surface area (Å²) >= 11 is 8.42. The SMILES string of the molecule is O=C1COCC(c2cc(Br)c(Br)s2)N1. The van der Waals surface area contributed by atoms with Gasteiger partial charge < -0.3 is 10.1 Å². The van der Waals surface area contributed by atoms with Crippen LogP contribution in [0, 0.1) is 0 Å². The van der Waals surface area contributed by atoms with Crippen molar-refractivity contribution in [1.82, 2.24) is 5.32 Å². The van der Waals surface area contributed by atoms with E-state index in [4.69, 9.17) is 4.74 Å². The second kappa shape index (κ2) is 4.30. The van der Waals surface area contributed by atoms with Gasteiger partial charge in [0.25, 0.3) is 0 Å². The number of hydrogen-bond acceptors (Lipinski definition) is 3. The van der Waals surface area contributed by atoms with Gasteiger partial charge in [0, 0.05) is 9.35 Å². The minimum absolute atomic E-state index is 0.0103. The average molecular weight is 341 g/mol. The molecule has 0 aliphatic carbocycles. The highest BCUT2D eigenvalue weighted by atomic mass is 79.9. The fourth-order valence-corrected chi connectivity index (χ4v) is 3.36. The number of carbonyl (C=O) groups excluding carboxylic acids is 1. The van der Waals surface area contributed by atoms with E-state index < -0.39 is 0 Å². The van der Waals surface area contributed by atoms with Gasteiger partial charge in [-0.1, -0.05) is 0 Å². The molecule has 1 atom stereocenters. The van der Waals surface area contributed by atoms with Crippen LogP contribution < -0.4 is 5.32 Å². The highest BCUT2D eigenvalue weighted by Gasteiger charge is 2.22. The number of carbonyl (C=O) groups is 1. The summed E-state index contributed by atoms with van der Waals surface area (Å²) in [5, 5.41) is 2.88. The van der Waals surface area contributed by atoms with E-state index in [0.29, 0.717) is 6.61 Å². The predicted molar refractivity (Wildman–Crippen MR) is 61.4 cm³/mol. The van der Waals surface area contributed by atoms with Crippen molar-refractivity contribution >= 4 is 49.1 Å². The van der Waals surface area contributed by atoms with Crippen molar-refractivity contribution in [1.29, 1.82) is 0 Å². The van der Waals surface area contributed by atoms with E-state index in [-0.39, 0.29) is 18.6 Å². The lowest BCUT2D eigenvalue weighted by Gasteiger charge is -2.22. The lowest BCUT2D eigenvalue weighted by Crippen LogP contribution is -2.39. The molecule has 1 aliphatic rings. The fraction of sp³-hybridized carbons (Fsp3) is 0.375. The van der Waals surface area contributed by atoms with Crippen molar-refractivity contribution in [3.63, 3.8) is 0 Å². The first-order valence-electron chi connectivity index (χ1n) is 3.98. The van der Waals surface area contributed by atoms with Crippen molar-refractivity contribution in [3.8, 4) is 0 Å². The highest BCUT2D eigenvalue weighted by Crippen LogP contribution is 2.35. The Morgan fingerprint density at radius 2 is 2.36 bits per heavy atom.